The van der Waals surface area contributed by atoms with Crippen molar-refractivity contribution in [3.8, 4) is 0 Å². The lowest BCUT2D eigenvalue weighted by Gasteiger charge is -2.33. The molecule has 1 aromatic rings. The molecule has 6 heteroatoms. The molecule has 6 nitrogen and oxygen atoms in total. The number of amides is 3. The van der Waals surface area contributed by atoms with Crippen molar-refractivity contribution in [2.75, 3.05) is 31.5 Å². The van der Waals surface area contributed by atoms with Crippen LogP contribution in [-0.4, -0.2) is 49.1 Å². The van der Waals surface area contributed by atoms with E-state index in [-0.39, 0.29) is 18.0 Å². The number of hydrogen-bond acceptors (Lipinski definition) is 3. The molecule has 140 valence electrons. The zero-order valence-corrected chi connectivity index (χ0v) is 15.2. The molecule has 1 unspecified atom stereocenters. The number of para-hydroxylation sites is 1. The fourth-order valence-electron chi connectivity index (χ4n) is 4.51. The van der Waals surface area contributed by atoms with E-state index in [2.05, 4.69) is 16.0 Å². The van der Waals surface area contributed by atoms with Crippen molar-refractivity contribution in [1.29, 1.82) is 0 Å². The smallest absolute Gasteiger partial charge is 0.319 e. The summed E-state index contributed by atoms with van der Waals surface area (Å²) in [5.41, 5.74) is 1.09. The lowest BCUT2D eigenvalue weighted by Crippen LogP contribution is -2.48. The minimum atomic E-state index is -0.170. The van der Waals surface area contributed by atoms with E-state index in [1.54, 1.807) is 0 Å². The Kier molecular flexibility index (Phi) is 4.85. The van der Waals surface area contributed by atoms with Crippen LogP contribution in [0.5, 0.6) is 0 Å². The summed E-state index contributed by atoms with van der Waals surface area (Å²) in [7, 11) is 0. The monoisotopic (exact) mass is 356 g/mol. The Morgan fingerprint density at radius 2 is 1.77 bits per heavy atom. The average molecular weight is 356 g/mol. The summed E-state index contributed by atoms with van der Waals surface area (Å²) in [5.74, 6) is 0.592. The van der Waals surface area contributed by atoms with Crippen molar-refractivity contribution >= 4 is 17.6 Å². The van der Waals surface area contributed by atoms with Crippen molar-refractivity contribution in [3.05, 3.63) is 30.3 Å². The van der Waals surface area contributed by atoms with Crippen LogP contribution in [0.25, 0.3) is 0 Å². The molecule has 0 radical (unpaired) electrons. The number of anilines is 1. The normalized spacial score (nSPS) is 24.9. The van der Waals surface area contributed by atoms with Crippen LogP contribution in [0, 0.1) is 11.3 Å². The lowest BCUT2D eigenvalue weighted by molar-refractivity contribution is -0.134. The number of carbonyl (C=O) groups is 2. The number of nitrogens with zero attached hydrogens (tertiary/aromatic N) is 1. The second-order valence-corrected chi connectivity index (χ2v) is 7.93. The van der Waals surface area contributed by atoms with Gasteiger partial charge in [-0.25, -0.2) is 4.79 Å². The van der Waals surface area contributed by atoms with Crippen LogP contribution >= 0.6 is 0 Å². The highest BCUT2D eigenvalue weighted by Crippen LogP contribution is 2.59. The highest BCUT2D eigenvalue weighted by atomic mass is 16.2. The average Bonchev–Trinajstić information content (AvgIpc) is 3.36. The standard InChI is InChI=1S/C20H28N4O2/c25-18(17-14-20(17)8-10-21-11-9-20)24-12-6-16(7-13-24)23-19(26)22-15-4-2-1-3-5-15/h1-5,16-17,21H,6-14H2,(H2,22,23,26). The van der Waals surface area contributed by atoms with E-state index in [0.717, 1.165) is 64.0 Å². The van der Waals surface area contributed by atoms with Gasteiger partial charge in [0, 0.05) is 30.7 Å². The molecule has 3 amide bonds. The quantitative estimate of drug-likeness (QED) is 0.777. The molecule has 3 aliphatic rings. The summed E-state index contributed by atoms with van der Waals surface area (Å²) in [6, 6.07) is 9.41. The third-order valence-corrected chi connectivity index (χ3v) is 6.26. The molecule has 1 saturated carbocycles. The molecule has 3 N–H and O–H groups in total. The molecule has 0 bridgehead atoms. The predicted molar refractivity (Wildman–Crippen MR) is 101 cm³/mol. The van der Waals surface area contributed by atoms with Gasteiger partial charge in [-0.2, -0.15) is 0 Å². The highest BCUT2D eigenvalue weighted by Gasteiger charge is 2.58. The van der Waals surface area contributed by atoms with Gasteiger partial charge in [-0.3, -0.25) is 4.79 Å². The molecule has 1 spiro atoms. The van der Waals surface area contributed by atoms with E-state index >= 15 is 0 Å². The van der Waals surface area contributed by atoms with Crippen molar-refractivity contribution in [2.24, 2.45) is 11.3 Å². The molecule has 0 aromatic heterocycles. The molecule has 3 fully saturated rings. The highest BCUT2D eigenvalue weighted by molar-refractivity contribution is 5.89. The number of hydrogen-bond donors (Lipinski definition) is 3. The minimum Gasteiger partial charge on any atom is -0.342 e. The molecule has 2 saturated heterocycles. The number of urea groups is 1. The van der Waals surface area contributed by atoms with Gasteiger partial charge < -0.3 is 20.9 Å². The Bertz CT molecular complexity index is 649. The fourth-order valence-corrected chi connectivity index (χ4v) is 4.51. The van der Waals surface area contributed by atoms with Crippen molar-refractivity contribution in [3.63, 3.8) is 0 Å². The zero-order valence-electron chi connectivity index (χ0n) is 15.2. The summed E-state index contributed by atoms with van der Waals surface area (Å²) < 4.78 is 0. The number of piperidine rings is 2. The first-order valence-corrected chi connectivity index (χ1v) is 9.78. The van der Waals surface area contributed by atoms with Crippen LogP contribution in [0.3, 0.4) is 0 Å². The van der Waals surface area contributed by atoms with Crippen molar-refractivity contribution in [1.82, 2.24) is 15.5 Å². The summed E-state index contributed by atoms with van der Waals surface area (Å²) >= 11 is 0. The number of carbonyl (C=O) groups excluding carboxylic acids is 2. The van der Waals surface area contributed by atoms with E-state index in [9.17, 15) is 9.59 Å². The Morgan fingerprint density at radius 3 is 2.46 bits per heavy atom. The fraction of sp³-hybridized carbons (Fsp3) is 0.600. The topological polar surface area (TPSA) is 73.5 Å². The van der Waals surface area contributed by atoms with E-state index in [4.69, 9.17) is 0 Å². The van der Waals surface area contributed by atoms with Gasteiger partial charge in [-0.1, -0.05) is 18.2 Å². The van der Waals surface area contributed by atoms with Crippen LogP contribution < -0.4 is 16.0 Å². The molecule has 2 aliphatic heterocycles. The van der Waals surface area contributed by atoms with Crippen molar-refractivity contribution < 1.29 is 9.59 Å². The molecule has 2 heterocycles. The molecule has 1 aromatic carbocycles. The number of nitrogens with one attached hydrogen (secondary N) is 3. The zero-order chi connectivity index (χ0) is 18.0. The minimum absolute atomic E-state index is 0.134. The van der Waals surface area contributed by atoms with E-state index in [1.807, 2.05) is 35.2 Å². The molecule has 1 aliphatic carbocycles. The maximum atomic E-state index is 12.8. The Morgan fingerprint density at radius 1 is 1.08 bits per heavy atom. The van der Waals surface area contributed by atoms with Gasteiger partial charge in [0.15, 0.2) is 0 Å². The van der Waals surface area contributed by atoms with Crippen LogP contribution in [0.2, 0.25) is 0 Å². The van der Waals surface area contributed by atoms with Crippen LogP contribution in [0.1, 0.15) is 32.1 Å². The largest absolute Gasteiger partial charge is 0.342 e. The predicted octanol–water partition coefficient (Wildman–Crippen LogP) is 2.19. The van der Waals surface area contributed by atoms with Crippen molar-refractivity contribution in [2.45, 2.75) is 38.1 Å². The van der Waals surface area contributed by atoms with Gasteiger partial charge in [-0.05, 0) is 62.7 Å². The summed E-state index contributed by atoms with van der Waals surface area (Å²) in [5, 5.41) is 9.28. The molecule has 26 heavy (non-hydrogen) atoms. The first-order valence-electron chi connectivity index (χ1n) is 9.78. The Balaban J connectivity index is 1.22. The first-order chi connectivity index (χ1) is 12.7. The molecule has 4 rings (SSSR count). The SMILES string of the molecule is O=C(Nc1ccccc1)NC1CCN(C(=O)C2CC23CCNCC3)CC1. The van der Waals surface area contributed by atoms with Gasteiger partial charge in [-0.15, -0.1) is 0 Å². The maximum Gasteiger partial charge on any atom is 0.319 e. The third kappa shape index (κ3) is 3.70. The Hall–Kier alpha value is -2.08. The summed E-state index contributed by atoms with van der Waals surface area (Å²) in [6.45, 7) is 3.60. The Labute approximate surface area is 154 Å². The first kappa shape index (κ1) is 17.3. The number of benzene rings is 1. The van der Waals surface area contributed by atoms with E-state index in [1.165, 1.54) is 0 Å². The molecule has 1 atom stereocenters. The van der Waals surface area contributed by atoms with Gasteiger partial charge in [0.05, 0.1) is 0 Å². The molecular formula is C20H28N4O2. The summed E-state index contributed by atoms with van der Waals surface area (Å²) in [6.07, 6.45) is 5.01. The second-order valence-electron chi connectivity index (χ2n) is 7.93. The van der Waals surface area contributed by atoms with Gasteiger partial charge in [0.2, 0.25) is 5.91 Å². The van der Waals surface area contributed by atoms with Crippen LogP contribution in [0.15, 0.2) is 30.3 Å². The van der Waals surface area contributed by atoms with Gasteiger partial charge >= 0.3 is 6.03 Å². The maximum absolute atomic E-state index is 12.8. The number of likely N-dealkylation sites (tertiary alicyclic amines) is 1. The number of rotatable bonds is 3. The van der Waals surface area contributed by atoms with Crippen LogP contribution in [-0.2, 0) is 4.79 Å². The van der Waals surface area contributed by atoms with Crippen LogP contribution in [0.4, 0.5) is 10.5 Å². The second kappa shape index (κ2) is 7.27. The summed E-state index contributed by atoms with van der Waals surface area (Å²) in [4.78, 5) is 26.9. The van der Waals surface area contributed by atoms with Gasteiger partial charge in [0.25, 0.3) is 0 Å². The third-order valence-electron chi connectivity index (χ3n) is 6.26. The van der Waals surface area contributed by atoms with Gasteiger partial charge in [0.1, 0.15) is 0 Å². The van der Waals surface area contributed by atoms with E-state index < -0.39 is 0 Å². The lowest BCUT2D eigenvalue weighted by atomic mass is 9.91. The van der Waals surface area contributed by atoms with E-state index in [0.29, 0.717) is 11.3 Å². The molecular weight excluding hydrogens is 328 g/mol.